The number of benzene rings is 1. The average Bonchev–Trinajstić information content (AvgIpc) is 3.32. The molecule has 190 valence electrons. The van der Waals surface area contributed by atoms with Crippen molar-refractivity contribution in [3.05, 3.63) is 39.6 Å². The van der Waals surface area contributed by atoms with Crippen molar-refractivity contribution in [1.29, 1.82) is 0 Å². The highest BCUT2D eigenvalue weighted by Crippen LogP contribution is 2.62. The Kier molecular flexibility index (Phi) is 7.09. The van der Waals surface area contributed by atoms with E-state index >= 15 is 0 Å². The second-order valence-corrected chi connectivity index (χ2v) is 11.4. The number of aliphatic hydroxyl groups excluding tert-OH is 1. The molecular formula is C19H21BClN5O8PS+. The Balaban J connectivity index is 1.40. The molecule has 36 heavy (non-hydrogen) atoms. The fraction of sp³-hybridized carbons (Fsp3) is 0.421. The molecule has 3 aliphatic heterocycles. The second kappa shape index (κ2) is 9.99. The number of hydrogen-bond donors (Lipinski definition) is 4. The molecule has 5 rings (SSSR count). The van der Waals surface area contributed by atoms with Crippen LogP contribution in [0.25, 0.3) is 0 Å². The van der Waals surface area contributed by atoms with E-state index in [-0.39, 0.29) is 24.1 Å². The summed E-state index contributed by atoms with van der Waals surface area (Å²) in [6.07, 6.45) is -3.90. The van der Waals surface area contributed by atoms with Crippen LogP contribution < -0.4 is 21.5 Å². The molecule has 0 bridgehead atoms. The normalized spacial score (nSPS) is 31.0. The van der Waals surface area contributed by atoms with Crippen LogP contribution in [0.3, 0.4) is 0 Å². The molecule has 1 aromatic carbocycles. The van der Waals surface area contributed by atoms with E-state index in [0.29, 0.717) is 5.02 Å². The minimum atomic E-state index is -3.40. The van der Waals surface area contributed by atoms with Gasteiger partial charge in [0, 0.05) is 16.8 Å². The van der Waals surface area contributed by atoms with Crippen molar-refractivity contribution >= 4 is 62.2 Å². The summed E-state index contributed by atoms with van der Waals surface area (Å²) in [6.45, 7) is 0.707. The topological polar surface area (TPSA) is 170 Å². The molecule has 6 atom stereocenters. The van der Waals surface area contributed by atoms with Gasteiger partial charge in [-0.25, -0.2) is 0 Å². The fourth-order valence-corrected chi connectivity index (χ4v) is 6.46. The number of esters is 1. The van der Waals surface area contributed by atoms with E-state index in [1.807, 2.05) is 12.1 Å². The van der Waals surface area contributed by atoms with E-state index in [1.165, 1.54) is 18.7 Å². The van der Waals surface area contributed by atoms with Gasteiger partial charge in [0.15, 0.2) is 23.6 Å². The SMILES string of the molecule is [B][P+]1(OCOC(C)=O)OCC2OC(N3c4nc(N)[nH]c(=O)c4NC3Sc3ccc(Cl)cc3)C(O)[C@@H]2O1. The number of nitrogens with two attached hydrogens (primary N) is 1. The lowest BCUT2D eigenvalue weighted by Crippen LogP contribution is -2.49. The van der Waals surface area contributed by atoms with Gasteiger partial charge in [0.1, 0.15) is 24.5 Å². The fourth-order valence-electron chi connectivity index (χ4n) is 3.92. The van der Waals surface area contributed by atoms with Crippen LogP contribution >= 0.6 is 31.2 Å². The third-order valence-electron chi connectivity index (χ3n) is 5.51. The molecule has 0 amide bonds. The summed E-state index contributed by atoms with van der Waals surface area (Å²) in [5.74, 6) is -0.462. The number of nitrogens with zero attached hydrogens (tertiary/aromatic N) is 2. The molecule has 0 spiro atoms. The summed E-state index contributed by atoms with van der Waals surface area (Å²) in [5, 5.41) is 14.9. The molecule has 2 saturated heterocycles. The van der Waals surface area contributed by atoms with Crippen LogP contribution in [0.5, 0.6) is 0 Å². The molecule has 1 aromatic heterocycles. The summed E-state index contributed by atoms with van der Waals surface area (Å²) in [6, 6.07) is 7.11. The molecule has 2 fully saturated rings. The zero-order valence-electron chi connectivity index (χ0n) is 18.7. The lowest BCUT2D eigenvalue weighted by Gasteiger charge is -2.32. The van der Waals surface area contributed by atoms with Crippen molar-refractivity contribution in [3.63, 3.8) is 0 Å². The molecule has 0 saturated carbocycles. The number of hydrogen-bond acceptors (Lipinski definition) is 13. The van der Waals surface area contributed by atoms with Crippen molar-refractivity contribution in [2.75, 3.05) is 29.4 Å². The van der Waals surface area contributed by atoms with Crippen LogP contribution in [0, 0.1) is 0 Å². The van der Waals surface area contributed by atoms with Crippen molar-refractivity contribution in [1.82, 2.24) is 9.97 Å². The van der Waals surface area contributed by atoms with Crippen molar-refractivity contribution < 1.29 is 32.9 Å². The maximum atomic E-state index is 12.6. The van der Waals surface area contributed by atoms with E-state index < -0.39 is 56.2 Å². The number of rotatable bonds is 6. The number of aromatic nitrogens is 2. The third-order valence-corrected chi connectivity index (χ3v) is 8.39. The molecule has 17 heteroatoms. The molecule has 3 aliphatic rings. The Hall–Kier alpha value is -2.10. The number of thioether (sulfide) groups is 1. The number of halogens is 1. The number of carbonyl (C=O) groups excluding carboxylic acids is 1. The molecule has 5 unspecified atom stereocenters. The monoisotopic (exact) mass is 556 g/mol. The maximum absolute atomic E-state index is 12.6. The minimum Gasteiger partial charge on any atom is -0.434 e. The first-order valence-electron chi connectivity index (χ1n) is 10.6. The summed E-state index contributed by atoms with van der Waals surface area (Å²) < 4.78 is 27.5. The number of nitrogen functional groups attached to an aromatic ring is 1. The largest absolute Gasteiger partial charge is 0.488 e. The second-order valence-electron chi connectivity index (χ2n) is 7.97. The number of ether oxygens (including phenoxy) is 2. The quantitative estimate of drug-likeness (QED) is 0.173. The van der Waals surface area contributed by atoms with Crippen LogP contribution in [-0.2, 0) is 27.8 Å². The van der Waals surface area contributed by atoms with Crippen LogP contribution in [-0.4, -0.2) is 72.0 Å². The van der Waals surface area contributed by atoms with Crippen LogP contribution in [0.2, 0.25) is 5.02 Å². The van der Waals surface area contributed by atoms with Gasteiger partial charge >= 0.3 is 21.4 Å². The average molecular weight is 557 g/mol. The highest BCUT2D eigenvalue weighted by Gasteiger charge is 2.60. The van der Waals surface area contributed by atoms with Gasteiger partial charge in [-0.05, 0) is 24.3 Å². The molecule has 4 heterocycles. The smallest absolute Gasteiger partial charge is 0.434 e. The highest BCUT2D eigenvalue weighted by atomic mass is 35.5. The van der Waals surface area contributed by atoms with Crippen molar-refractivity contribution in [2.24, 2.45) is 0 Å². The van der Waals surface area contributed by atoms with Gasteiger partial charge in [-0.3, -0.25) is 19.5 Å². The van der Waals surface area contributed by atoms with Crippen LogP contribution in [0.1, 0.15) is 6.92 Å². The molecular weight excluding hydrogens is 536 g/mol. The van der Waals surface area contributed by atoms with Gasteiger partial charge in [-0.1, -0.05) is 23.4 Å². The zero-order valence-corrected chi connectivity index (χ0v) is 21.2. The van der Waals surface area contributed by atoms with E-state index in [1.54, 1.807) is 17.0 Å². The standard InChI is InChI=1S/C19H21BClN5O8PS/c1-8(27)30-7-32-35(20)31-6-11-14(34-35)13(28)17(33-11)26-15-12(16(29)25-18(22)24-15)23-19(26)36-10-4-2-9(21)3-5-10/h2-5,11,13-14,17,19,23,28H,6-7H2,1H3,(H3,22,24,25,29)/q+1/t11?,13?,14-,17?,19?,35?/m1/s1. The van der Waals surface area contributed by atoms with E-state index in [9.17, 15) is 14.7 Å². The Morgan fingerprint density at radius 3 is 2.92 bits per heavy atom. The van der Waals surface area contributed by atoms with Gasteiger partial charge in [0.25, 0.3) is 5.56 Å². The molecule has 5 N–H and O–H groups in total. The van der Waals surface area contributed by atoms with E-state index in [0.717, 1.165) is 4.90 Å². The van der Waals surface area contributed by atoms with Crippen LogP contribution in [0.4, 0.5) is 17.5 Å². The maximum Gasteiger partial charge on any atom is 0.488 e. The Labute approximate surface area is 215 Å². The lowest BCUT2D eigenvalue weighted by molar-refractivity contribution is -0.149. The first-order valence-corrected chi connectivity index (χ1v) is 13.5. The van der Waals surface area contributed by atoms with Gasteiger partial charge in [0.05, 0.1) is 0 Å². The number of H-pyrrole nitrogens is 1. The summed E-state index contributed by atoms with van der Waals surface area (Å²) in [4.78, 5) is 32.8. The highest BCUT2D eigenvalue weighted by molar-refractivity contribution is 8.00. The minimum absolute atomic E-state index is 0.0450. The molecule has 13 nitrogen and oxygen atoms in total. The summed E-state index contributed by atoms with van der Waals surface area (Å²) in [7, 11) is 2.69. The predicted molar refractivity (Wildman–Crippen MR) is 132 cm³/mol. The van der Waals surface area contributed by atoms with Crippen LogP contribution in [0.15, 0.2) is 34.0 Å². The molecule has 0 aliphatic carbocycles. The number of fused-ring (bicyclic) bond motifs is 2. The number of aliphatic hydroxyl groups is 1. The van der Waals surface area contributed by atoms with E-state index in [4.69, 9.17) is 47.9 Å². The van der Waals surface area contributed by atoms with Gasteiger partial charge in [-0.15, -0.1) is 0 Å². The number of nitrogens with one attached hydrogen (secondary N) is 2. The van der Waals surface area contributed by atoms with Crippen molar-refractivity contribution in [3.8, 4) is 0 Å². The van der Waals surface area contributed by atoms with Gasteiger partial charge < -0.3 is 25.6 Å². The summed E-state index contributed by atoms with van der Waals surface area (Å²) in [5.41, 5.74) is 4.89. The zero-order chi connectivity index (χ0) is 25.6. The Bertz CT molecular complexity index is 1210. The Morgan fingerprint density at radius 1 is 1.44 bits per heavy atom. The first-order chi connectivity index (χ1) is 17.1. The lowest BCUT2D eigenvalue weighted by atomic mass is 10.1. The first kappa shape index (κ1) is 25.6. The molecule has 2 radical (unpaired) electrons. The third kappa shape index (κ3) is 5.02. The molecule has 2 aromatic rings. The van der Waals surface area contributed by atoms with Crippen molar-refractivity contribution in [2.45, 2.75) is 41.9 Å². The summed E-state index contributed by atoms with van der Waals surface area (Å²) >= 11 is 7.35. The van der Waals surface area contributed by atoms with Gasteiger partial charge in [-0.2, -0.15) is 18.6 Å². The predicted octanol–water partition coefficient (Wildman–Crippen LogP) is 1.20. The number of carbonyl (C=O) groups is 1. The van der Waals surface area contributed by atoms with E-state index in [2.05, 4.69) is 15.3 Å². The number of anilines is 3. The van der Waals surface area contributed by atoms with Gasteiger partial charge in [0.2, 0.25) is 12.7 Å². The number of aromatic amines is 1. The Morgan fingerprint density at radius 2 is 2.19 bits per heavy atom.